The van der Waals surface area contributed by atoms with Crippen molar-refractivity contribution < 1.29 is 4.74 Å². The molecule has 0 saturated carbocycles. The van der Waals surface area contributed by atoms with Gasteiger partial charge in [-0.15, -0.1) is 0 Å². The molecule has 1 aliphatic rings. The first-order valence-electron chi connectivity index (χ1n) is 5.70. The second-order valence-electron chi connectivity index (χ2n) is 3.99. The molecule has 0 amide bonds. The number of ether oxygens (including phenoxy) is 1. The maximum Gasteiger partial charge on any atom is 0.313 e. The lowest BCUT2D eigenvalue weighted by molar-refractivity contribution is 0.245. The van der Waals surface area contributed by atoms with Gasteiger partial charge in [0.25, 0.3) is 5.88 Å². The molecule has 1 unspecified atom stereocenters. The van der Waals surface area contributed by atoms with Crippen LogP contribution in [0.15, 0.2) is 17.2 Å². The van der Waals surface area contributed by atoms with E-state index >= 15 is 0 Å². The summed E-state index contributed by atoms with van der Waals surface area (Å²) in [5, 5.41) is 3.26. The highest BCUT2D eigenvalue weighted by molar-refractivity contribution is 5.04. The predicted octanol–water partition coefficient (Wildman–Crippen LogP) is 0.251. The molecule has 0 aliphatic carbocycles. The van der Waals surface area contributed by atoms with Crippen LogP contribution in [-0.4, -0.2) is 29.2 Å². The Morgan fingerprint density at radius 2 is 2.56 bits per heavy atom. The van der Waals surface area contributed by atoms with Crippen molar-refractivity contribution in [2.75, 3.05) is 19.7 Å². The third-order valence-electron chi connectivity index (χ3n) is 2.84. The molecule has 1 N–H and O–H groups in total. The van der Waals surface area contributed by atoms with E-state index in [-0.39, 0.29) is 11.4 Å². The van der Waals surface area contributed by atoms with Gasteiger partial charge in [-0.1, -0.05) is 0 Å². The van der Waals surface area contributed by atoms with Gasteiger partial charge in [0, 0.05) is 31.4 Å². The monoisotopic (exact) mass is 223 g/mol. The number of hydrogen-bond acceptors (Lipinski definition) is 4. The fourth-order valence-corrected chi connectivity index (χ4v) is 1.83. The molecule has 2 rings (SSSR count). The largest absolute Gasteiger partial charge is 0.473 e. The zero-order valence-corrected chi connectivity index (χ0v) is 9.48. The van der Waals surface area contributed by atoms with Crippen molar-refractivity contribution in [3.63, 3.8) is 0 Å². The van der Waals surface area contributed by atoms with E-state index in [9.17, 15) is 4.79 Å². The molecule has 1 aliphatic heterocycles. The van der Waals surface area contributed by atoms with Crippen molar-refractivity contribution in [3.8, 4) is 5.88 Å². The molecule has 0 aromatic carbocycles. The third-order valence-corrected chi connectivity index (χ3v) is 2.84. The molecule has 0 radical (unpaired) electrons. The Morgan fingerprint density at radius 1 is 1.69 bits per heavy atom. The summed E-state index contributed by atoms with van der Waals surface area (Å²) in [6, 6.07) is 0. The van der Waals surface area contributed by atoms with Gasteiger partial charge in [0.15, 0.2) is 0 Å². The second kappa shape index (κ2) is 5.12. The van der Waals surface area contributed by atoms with E-state index in [1.807, 2.05) is 6.92 Å². The SMILES string of the molecule is CCn1ccnc(OCC2CCNC2)c1=O. The number of aryl methyl sites for hydroxylation is 1. The van der Waals surface area contributed by atoms with Crippen molar-refractivity contribution in [1.29, 1.82) is 0 Å². The lowest BCUT2D eigenvalue weighted by Crippen LogP contribution is -2.24. The van der Waals surface area contributed by atoms with Crippen LogP contribution < -0.4 is 15.6 Å². The zero-order chi connectivity index (χ0) is 11.4. The molecule has 5 heteroatoms. The fourth-order valence-electron chi connectivity index (χ4n) is 1.83. The van der Waals surface area contributed by atoms with Gasteiger partial charge in [-0.25, -0.2) is 4.98 Å². The Balaban J connectivity index is 2.00. The number of rotatable bonds is 4. The first kappa shape index (κ1) is 11.1. The Morgan fingerprint density at radius 3 is 3.25 bits per heavy atom. The Kier molecular flexibility index (Phi) is 3.56. The van der Waals surface area contributed by atoms with E-state index in [1.165, 1.54) is 0 Å². The highest BCUT2D eigenvalue weighted by atomic mass is 16.5. The van der Waals surface area contributed by atoms with Crippen LogP contribution in [0.25, 0.3) is 0 Å². The summed E-state index contributed by atoms with van der Waals surface area (Å²) in [6.07, 6.45) is 4.38. The molecule has 0 spiro atoms. The van der Waals surface area contributed by atoms with Crippen LogP contribution in [0.3, 0.4) is 0 Å². The minimum Gasteiger partial charge on any atom is -0.473 e. The van der Waals surface area contributed by atoms with Crippen molar-refractivity contribution in [2.45, 2.75) is 19.9 Å². The molecule has 1 aromatic rings. The number of hydrogen-bond donors (Lipinski definition) is 1. The number of nitrogens with one attached hydrogen (secondary N) is 1. The van der Waals surface area contributed by atoms with Crippen LogP contribution in [0.1, 0.15) is 13.3 Å². The lowest BCUT2D eigenvalue weighted by atomic mass is 10.1. The molecular formula is C11H17N3O2. The van der Waals surface area contributed by atoms with Crippen LogP contribution in [0.5, 0.6) is 5.88 Å². The first-order chi connectivity index (χ1) is 7.81. The number of aromatic nitrogens is 2. The van der Waals surface area contributed by atoms with E-state index in [0.29, 0.717) is 19.1 Å². The first-order valence-corrected chi connectivity index (χ1v) is 5.70. The fraction of sp³-hybridized carbons (Fsp3) is 0.636. The van der Waals surface area contributed by atoms with Crippen LogP contribution in [-0.2, 0) is 6.54 Å². The van der Waals surface area contributed by atoms with Gasteiger partial charge in [0.1, 0.15) is 0 Å². The van der Waals surface area contributed by atoms with Gasteiger partial charge in [-0.3, -0.25) is 4.79 Å². The molecule has 1 atom stereocenters. The summed E-state index contributed by atoms with van der Waals surface area (Å²) in [4.78, 5) is 15.7. The van der Waals surface area contributed by atoms with Gasteiger partial charge >= 0.3 is 5.56 Å². The normalized spacial score (nSPS) is 19.9. The smallest absolute Gasteiger partial charge is 0.313 e. The van der Waals surface area contributed by atoms with E-state index in [0.717, 1.165) is 19.5 Å². The summed E-state index contributed by atoms with van der Waals surface area (Å²) >= 11 is 0. The minimum absolute atomic E-state index is 0.143. The zero-order valence-electron chi connectivity index (χ0n) is 9.48. The van der Waals surface area contributed by atoms with Crippen molar-refractivity contribution in [3.05, 3.63) is 22.7 Å². The lowest BCUT2D eigenvalue weighted by Gasteiger charge is -2.10. The highest BCUT2D eigenvalue weighted by Gasteiger charge is 2.16. The average molecular weight is 223 g/mol. The van der Waals surface area contributed by atoms with Gasteiger partial charge in [-0.2, -0.15) is 0 Å². The maximum absolute atomic E-state index is 11.8. The molecule has 0 bridgehead atoms. The van der Waals surface area contributed by atoms with Gasteiger partial charge in [0.2, 0.25) is 0 Å². The van der Waals surface area contributed by atoms with E-state index < -0.39 is 0 Å². The van der Waals surface area contributed by atoms with Crippen LogP contribution >= 0.6 is 0 Å². The predicted molar refractivity (Wildman–Crippen MR) is 60.6 cm³/mol. The van der Waals surface area contributed by atoms with Crippen LogP contribution in [0, 0.1) is 5.92 Å². The van der Waals surface area contributed by atoms with E-state index in [2.05, 4.69) is 10.3 Å². The molecule has 88 valence electrons. The molecule has 5 nitrogen and oxygen atoms in total. The summed E-state index contributed by atoms with van der Waals surface area (Å²) in [5.74, 6) is 0.715. The molecule has 1 fully saturated rings. The van der Waals surface area contributed by atoms with Gasteiger partial charge in [-0.05, 0) is 19.9 Å². The topological polar surface area (TPSA) is 56.1 Å². The number of nitrogens with zero attached hydrogens (tertiary/aromatic N) is 2. The van der Waals surface area contributed by atoms with E-state index in [4.69, 9.17) is 4.74 Å². The minimum atomic E-state index is -0.143. The Hall–Kier alpha value is -1.36. The quantitative estimate of drug-likeness (QED) is 0.795. The molecule has 16 heavy (non-hydrogen) atoms. The average Bonchev–Trinajstić information content (AvgIpc) is 2.81. The molecular weight excluding hydrogens is 206 g/mol. The van der Waals surface area contributed by atoms with Gasteiger partial charge in [0.05, 0.1) is 6.61 Å². The van der Waals surface area contributed by atoms with Crippen molar-refractivity contribution >= 4 is 0 Å². The van der Waals surface area contributed by atoms with Crippen molar-refractivity contribution in [1.82, 2.24) is 14.9 Å². The maximum atomic E-state index is 11.8. The Labute approximate surface area is 94.5 Å². The molecule has 2 heterocycles. The second-order valence-corrected chi connectivity index (χ2v) is 3.99. The molecule has 1 aromatic heterocycles. The standard InChI is InChI=1S/C11H17N3O2/c1-2-14-6-5-13-10(11(14)15)16-8-9-3-4-12-7-9/h5-6,9,12H,2-4,7-8H2,1H3. The third kappa shape index (κ3) is 2.41. The summed E-state index contributed by atoms with van der Waals surface area (Å²) in [6.45, 7) is 5.14. The summed E-state index contributed by atoms with van der Waals surface area (Å²) in [5.41, 5.74) is -0.143. The van der Waals surface area contributed by atoms with Gasteiger partial charge < -0.3 is 14.6 Å². The molecule has 1 saturated heterocycles. The Bertz CT molecular complexity index is 396. The summed E-state index contributed by atoms with van der Waals surface area (Å²) < 4.78 is 7.07. The van der Waals surface area contributed by atoms with Crippen molar-refractivity contribution in [2.24, 2.45) is 5.92 Å². The van der Waals surface area contributed by atoms with Crippen LogP contribution in [0.4, 0.5) is 0 Å². The summed E-state index contributed by atoms with van der Waals surface area (Å²) in [7, 11) is 0. The highest BCUT2D eigenvalue weighted by Crippen LogP contribution is 2.08. The van der Waals surface area contributed by atoms with Crippen LogP contribution in [0.2, 0.25) is 0 Å². The van der Waals surface area contributed by atoms with E-state index in [1.54, 1.807) is 17.0 Å².